The Hall–Kier alpha value is -4.08. The fourth-order valence-corrected chi connectivity index (χ4v) is 5.05. The van der Waals surface area contributed by atoms with Crippen molar-refractivity contribution >= 4 is 33.9 Å². The maximum Gasteiger partial charge on any atom is 0.409 e. The van der Waals surface area contributed by atoms with E-state index in [-0.39, 0.29) is 17.3 Å². The quantitative estimate of drug-likeness (QED) is 0.369. The minimum Gasteiger partial charge on any atom is -0.448 e. The van der Waals surface area contributed by atoms with Gasteiger partial charge in [0.1, 0.15) is 12.3 Å². The Morgan fingerprint density at radius 2 is 1.67 bits per heavy atom. The van der Waals surface area contributed by atoms with E-state index in [1.165, 1.54) is 17.3 Å². The summed E-state index contributed by atoms with van der Waals surface area (Å²) in [6.07, 6.45) is 1.98. The van der Waals surface area contributed by atoms with Gasteiger partial charge in [0.25, 0.3) is 11.2 Å². The molecule has 3 heterocycles. The molecule has 0 unspecified atom stereocenters. The molecule has 2 fully saturated rings. The van der Waals surface area contributed by atoms with Crippen LogP contribution in [0.15, 0.2) is 53.5 Å². The summed E-state index contributed by atoms with van der Waals surface area (Å²) < 4.78 is 6.48. The summed E-state index contributed by atoms with van der Waals surface area (Å²) in [7, 11) is 0. The number of aryl methyl sites for hydroxylation is 2. The number of cyclic esters (lactones) is 1. The zero-order valence-corrected chi connectivity index (χ0v) is 20.3. The standard InChI is InChI=1S/C26H29N5O5/c1-19-5-2-3-6-22(19)27-11-13-28(14-12-27)23-17-20-7-10-29(8-4-9-30-15-16-36-26(30)33)25(32)21(20)18-24(23)31(34)35/h2-3,5-7,10,17-18H,4,8-9,11-16H2,1H3. The molecule has 10 nitrogen and oxygen atoms in total. The Bertz CT molecular complexity index is 1360. The van der Waals surface area contributed by atoms with Crippen LogP contribution in [0.3, 0.4) is 0 Å². The van der Waals surface area contributed by atoms with Crippen LogP contribution in [-0.2, 0) is 11.3 Å². The number of nitro benzene ring substituents is 1. The van der Waals surface area contributed by atoms with Gasteiger partial charge < -0.3 is 24.0 Å². The number of anilines is 2. The third-order valence-corrected chi connectivity index (χ3v) is 7.02. The van der Waals surface area contributed by atoms with Crippen LogP contribution in [0, 0.1) is 17.0 Å². The van der Waals surface area contributed by atoms with Crippen LogP contribution in [-0.4, -0.2) is 66.4 Å². The van der Waals surface area contributed by atoms with Crippen LogP contribution in [0.1, 0.15) is 12.0 Å². The summed E-state index contributed by atoms with van der Waals surface area (Å²) in [5.41, 5.74) is 2.62. The first-order valence-corrected chi connectivity index (χ1v) is 12.2. The van der Waals surface area contributed by atoms with Crippen molar-refractivity contribution in [3.8, 4) is 0 Å². The van der Waals surface area contributed by atoms with E-state index in [1.54, 1.807) is 21.7 Å². The van der Waals surface area contributed by atoms with Crippen molar-refractivity contribution in [3.05, 3.63) is 74.7 Å². The zero-order chi connectivity index (χ0) is 25.2. The predicted molar refractivity (Wildman–Crippen MR) is 138 cm³/mol. The van der Waals surface area contributed by atoms with Crippen LogP contribution in [0.4, 0.5) is 21.9 Å². The topological polar surface area (TPSA) is 101 Å². The molecular formula is C26H29N5O5. The largest absolute Gasteiger partial charge is 0.448 e. The number of ether oxygens (including phenoxy) is 1. The summed E-state index contributed by atoms with van der Waals surface area (Å²) >= 11 is 0. The minimum absolute atomic E-state index is 0.0542. The number of hydrogen-bond acceptors (Lipinski definition) is 7. The lowest BCUT2D eigenvalue weighted by molar-refractivity contribution is -0.384. The highest BCUT2D eigenvalue weighted by Gasteiger charge is 2.26. The molecule has 2 aliphatic heterocycles. The highest BCUT2D eigenvalue weighted by molar-refractivity contribution is 5.90. The summed E-state index contributed by atoms with van der Waals surface area (Å²) in [4.78, 5) is 42.3. The van der Waals surface area contributed by atoms with E-state index >= 15 is 0 Å². The lowest BCUT2D eigenvalue weighted by Crippen LogP contribution is -2.47. The second-order valence-corrected chi connectivity index (χ2v) is 9.22. The first-order valence-electron chi connectivity index (χ1n) is 12.2. The maximum atomic E-state index is 13.1. The fourth-order valence-electron chi connectivity index (χ4n) is 5.05. The van der Waals surface area contributed by atoms with Crippen molar-refractivity contribution < 1.29 is 14.5 Å². The summed E-state index contributed by atoms with van der Waals surface area (Å²) in [5.74, 6) is 0. The number of aromatic nitrogens is 1. The number of fused-ring (bicyclic) bond motifs is 1. The molecule has 2 aromatic carbocycles. The predicted octanol–water partition coefficient (Wildman–Crippen LogP) is 3.39. The Kier molecular flexibility index (Phi) is 6.49. The van der Waals surface area contributed by atoms with Gasteiger partial charge in [-0.15, -0.1) is 0 Å². The number of piperazine rings is 1. The van der Waals surface area contributed by atoms with Gasteiger partial charge >= 0.3 is 6.09 Å². The lowest BCUT2D eigenvalue weighted by Gasteiger charge is -2.37. The monoisotopic (exact) mass is 491 g/mol. The third-order valence-electron chi connectivity index (χ3n) is 7.02. The van der Waals surface area contributed by atoms with E-state index in [0.29, 0.717) is 62.2 Å². The van der Waals surface area contributed by atoms with Crippen LogP contribution in [0.5, 0.6) is 0 Å². The highest BCUT2D eigenvalue weighted by Crippen LogP contribution is 2.33. The van der Waals surface area contributed by atoms with Gasteiger partial charge in [0, 0.05) is 57.2 Å². The van der Waals surface area contributed by atoms with Crippen molar-refractivity contribution in [1.29, 1.82) is 0 Å². The van der Waals surface area contributed by atoms with Crippen molar-refractivity contribution in [2.45, 2.75) is 19.9 Å². The van der Waals surface area contributed by atoms with Crippen LogP contribution in [0.25, 0.3) is 10.8 Å². The van der Waals surface area contributed by atoms with Crippen molar-refractivity contribution in [1.82, 2.24) is 9.47 Å². The van der Waals surface area contributed by atoms with Gasteiger partial charge in [0.15, 0.2) is 0 Å². The number of amides is 1. The molecule has 0 radical (unpaired) electrons. The number of carbonyl (C=O) groups is 1. The molecule has 3 aromatic rings. The molecule has 1 amide bonds. The first-order chi connectivity index (χ1) is 17.4. The molecule has 0 N–H and O–H groups in total. The Morgan fingerprint density at radius 3 is 2.33 bits per heavy atom. The molecular weight excluding hydrogens is 462 g/mol. The fraction of sp³-hybridized carbons (Fsp3) is 0.385. The summed E-state index contributed by atoms with van der Waals surface area (Å²) in [6.45, 7) is 6.75. The van der Waals surface area contributed by atoms with Gasteiger partial charge in [-0.05, 0) is 42.5 Å². The number of benzene rings is 2. The van der Waals surface area contributed by atoms with E-state index in [2.05, 4.69) is 24.0 Å². The highest BCUT2D eigenvalue weighted by atomic mass is 16.6. The molecule has 0 spiro atoms. The maximum absolute atomic E-state index is 13.1. The van der Waals surface area contributed by atoms with E-state index in [1.807, 2.05) is 23.1 Å². The number of carbonyl (C=O) groups excluding carboxylic acids is 1. The summed E-state index contributed by atoms with van der Waals surface area (Å²) in [6, 6.07) is 13.2. The minimum atomic E-state index is -0.405. The van der Waals surface area contributed by atoms with Gasteiger partial charge in [-0.25, -0.2) is 4.79 Å². The summed E-state index contributed by atoms with van der Waals surface area (Å²) in [5, 5.41) is 13.0. The average Bonchev–Trinajstić information content (AvgIpc) is 3.29. The van der Waals surface area contributed by atoms with E-state index in [4.69, 9.17) is 4.74 Å². The van der Waals surface area contributed by atoms with E-state index in [9.17, 15) is 19.7 Å². The van der Waals surface area contributed by atoms with Gasteiger partial charge in [0.2, 0.25) is 0 Å². The smallest absolute Gasteiger partial charge is 0.409 e. The van der Waals surface area contributed by atoms with Crippen LogP contribution >= 0.6 is 0 Å². The normalized spacial score (nSPS) is 16.0. The molecule has 5 rings (SSSR count). The van der Waals surface area contributed by atoms with Gasteiger partial charge in [-0.1, -0.05) is 18.2 Å². The van der Waals surface area contributed by atoms with Gasteiger partial charge in [-0.3, -0.25) is 14.9 Å². The SMILES string of the molecule is Cc1ccccc1N1CCN(c2cc3ccn(CCCN4CCOC4=O)c(=O)c3cc2[N+](=O)[O-])CC1. The van der Waals surface area contributed by atoms with E-state index < -0.39 is 4.92 Å². The zero-order valence-electron chi connectivity index (χ0n) is 20.3. The number of hydrogen-bond donors (Lipinski definition) is 0. The molecule has 188 valence electrons. The number of pyridine rings is 1. The molecule has 0 atom stereocenters. The van der Waals surface area contributed by atoms with Crippen LogP contribution < -0.4 is 15.4 Å². The second kappa shape index (κ2) is 9.88. The number of nitro groups is 1. The Balaban J connectivity index is 1.35. The Morgan fingerprint density at radius 1 is 0.944 bits per heavy atom. The molecule has 0 bridgehead atoms. The van der Waals surface area contributed by atoms with Gasteiger partial charge in [-0.2, -0.15) is 0 Å². The van der Waals surface area contributed by atoms with Crippen LogP contribution in [0.2, 0.25) is 0 Å². The third kappa shape index (κ3) is 4.58. The lowest BCUT2D eigenvalue weighted by atomic mass is 10.1. The molecule has 36 heavy (non-hydrogen) atoms. The second-order valence-electron chi connectivity index (χ2n) is 9.22. The van der Waals surface area contributed by atoms with Crippen molar-refractivity contribution in [3.63, 3.8) is 0 Å². The average molecular weight is 492 g/mol. The van der Waals surface area contributed by atoms with Crippen molar-refractivity contribution in [2.24, 2.45) is 0 Å². The number of para-hydroxylation sites is 1. The number of rotatable bonds is 7. The van der Waals surface area contributed by atoms with Gasteiger partial charge in [0.05, 0.1) is 16.9 Å². The number of nitrogens with zero attached hydrogens (tertiary/aromatic N) is 5. The molecule has 2 aliphatic rings. The molecule has 2 saturated heterocycles. The molecule has 0 aliphatic carbocycles. The molecule has 0 saturated carbocycles. The van der Waals surface area contributed by atoms with E-state index in [0.717, 1.165) is 13.1 Å². The first kappa shape index (κ1) is 23.7. The Labute approximate surface area is 208 Å². The molecule has 10 heteroatoms. The molecule has 1 aromatic heterocycles. The van der Waals surface area contributed by atoms with Crippen molar-refractivity contribution in [2.75, 3.05) is 55.7 Å².